The third kappa shape index (κ3) is 6.49. The van der Waals surface area contributed by atoms with Crippen molar-refractivity contribution < 1.29 is 28.5 Å². The van der Waals surface area contributed by atoms with E-state index in [0.717, 1.165) is 0 Å². The number of carbonyl (C=O) groups excluding carboxylic acids is 2. The van der Waals surface area contributed by atoms with Gasteiger partial charge in [-0.15, -0.1) is 0 Å². The van der Waals surface area contributed by atoms with Crippen LogP contribution in [-0.2, 0) is 9.59 Å². The molecular weight excluding hydrogens is 473 g/mol. The number of Topliss-reactive ketones (excluding diaryl/α,β-unsaturated/α-hetero) is 1. The van der Waals surface area contributed by atoms with Crippen molar-refractivity contribution in [3.05, 3.63) is 34.3 Å². The van der Waals surface area contributed by atoms with E-state index in [4.69, 9.17) is 42.1 Å². The Morgan fingerprint density at radius 2 is 1.58 bits per heavy atom. The summed E-state index contributed by atoms with van der Waals surface area (Å²) in [4.78, 5) is 25.1. The van der Waals surface area contributed by atoms with Crippen LogP contribution in [0.25, 0.3) is 0 Å². The van der Waals surface area contributed by atoms with E-state index in [0.29, 0.717) is 29.0 Å². The number of methoxy groups -OCH3 is 2. The van der Waals surface area contributed by atoms with Crippen LogP contribution < -0.4 is 24.3 Å². The first-order valence-electron chi connectivity index (χ1n) is 9.99. The maximum absolute atomic E-state index is 12.9. The van der Waals surface area contributed by atoms with Crippen molar-refractivity contribution in [2.75, 3.05) is 32.8 Å². The van der Waals surface area contributed by atoms with Crippen LogP contribution in [0, 0.1) is 0 Å². The maximum Gasteiger partial charge on any atom is 0.259 e. The summed E-state index contributed by atoms with van der Waals surface area (Å²) in [5.41, 5.74) is 0.460. The van der Waals surface area contributed by atoms with Gasteiger partial charge in [0.1, 0.15) is 22.9 Å². The molecular formula is C22H25Cl2N3O6. The number of amides is 1. The summed E-state index contributed by atoms with van der Waals surface area (Å²) >= 11 is 12.3. The molecule has 0 aliphatic heterocycles. The third-order valence-electron chi connectivity index (χ3n) is 4.25. The number of azo groups is 1. The van der Waals surface area contributed by atoms with Gasteiger partial charge in [-0.3, -0.25) is 9.59 Å². The Kier molecular flexibility index (Phi) is 9.74. The fraction of sp³-hybridized carbons (Fsp3) is 0.364. The van der Waals surface area contributed by atoms with Gasteiger partial charge in [-0.25, -0.2) is 0 Å². The zero-order valence-electron chi connectivity index (χ0n) is 18.9. The average Bonchev–Trinajstić information content (AvgIpc) is 2.78. The normalized spacial score (nSPS) is 11.7. The zero-order valence-corrected chi connectivity index (χ0v) is 20.4. The standard InChI is InChI=1S/C22H25Cl2N3O6/c1-6-32-20-14(24)8-9-15(21(20)33-7-2)26-27-18(12(3)28)22(29)25-19-16(30-4)10-13(23)11-17(19)31-5/h8-11,18H,6-7H2,1-5H3,(H,25,29). The molecule has 0 aliphatic rings. The van der Waals surface area contributed by atoms with Crippen LogP contribution in [0.2, 0.25) is 10.0 Å². The van der Waals surface area contributed by atoms with Crippen LogP contribution in [-0.4, -0.2) is 45.2 Å². The number of carbonyl (C=O) groups is 2. The SMILES string of the molecule is CCOc1c(Cl)ccc(N=NC(C(C)=O)C(=O)Nc2c(OC)cc(Cl)cc2OC)c1OCC. The van der Waals surface area contributed by atoms with Crippen LogP contribution in [0.3, 0.4) is 0 Å². The lowest BCUT2D eigenvalue weighted by Gasteiger charge is -2.16. The lowest BCUT2D eigenvalue weighted by Crippen LogP contribution is -2.32. The Labute approximate surface area is 202 Å². The summed E-state index contributed by atoms with van der Waals surface area (Å²) in [6, 6.07) is 4.67. The Morgan fingerprint density at radius 1 is 1.00 bits per heavy atom. The monoisotopic (exact) mass is 497 g/mol. The average molecular weight is 498 g/mol. The van der Waals surface area contributed by atoms with Gasteiger partial charge in [-0.1, -0.05) is 23.2 Å². The fourth-order valence-electron chi connectivity index (χ4n) is 2.80. The summed E-state index contributed by atoms with van der Waals surface area (Å²) in [5, 5.41) is 11.3. The first-order valence-corrected chi connectivity index (χ1v) is 10.7. The van der Waals surface area contributed by atoms with Crippen molar-refractivity contribution in [1.82, 2.24) is 0 Å². The number of rotatable bonds is 11. The number of halogens is 2. The predicted molar refractivity (Wildman–Crippen MR) is 126 cm³/mol. The number of hydrogen-bond acceptors (Lipinski definition) is 8. The van der Waals surface area contributed by atoms with Gasteiger partial charge >= 0.3 is 0 Å². The topological polar surface area (TPSA) is 108 Å². The molecule has 0 aromatic heterocycles. The second-order valence-corrected chi connectivity index (χ2v) is 7.34. The molecule has 0 saturated carbocycles. The highest BCUT2D eigenvalue weighted by molar-refractivity contribution is 6.32. The Hall–Kier alpha value is -3.04. The van der Waals surface area contributed by atoms with E-state index in [9.17, 15) is 9.59 Å². The van der Waals surface area contributed by atoms with Gasteiger partial charge in [-0.05, 0) is 32.9 Å². The van der Waals surface area contributed by atoms with E-state index in [1.165, 1.54) is 33.3 Å². The number of hydrogen-bond donors (Lipinski definition) is 1. The summed E-state index contributed by atoms with van der Waals surface area (Å²) in [6.07, 6.45) is 0. The van der Waals surface area contributed by atoms with Crippen LogP contribution in [0.5, 0.6) is 23.0 Å². The highest BCUT2D eigenvalue weighted by atomic mass is 35.5. The number of nitrogens with zero attached hydrogens (tertiary/aromatic N) is 2. The van der Waals surface area contributed by atoms with Gasteiger partial charge < -0.3 is 24.3 Å². The van der Waals surface area contributed by atoms with Gasteiger partial charge in [0.05, 0.1) is 32.5 Å². The molecule has 2 rings (SSSR count). The predicted octanol–water partition coefficient (Wildman–Crippen LogP) is 5.49. The summed E-state index contributed by atoms with van der Waals surface area (Å²) in [7, 11) is 2.82. The lowest BCUT2D eigenvalue weighted by molar-refractivity contribution is -0.126. The summed E-state index contributed by atoms with van der Waals surface area (Å²) in [5.74, 6) is -0.187. The molecule has 0 fully saturated rings. The van der Waals surface area contributed by atoms with Crippen molar-refractivity contribution >= 4 is 46.3 Å². The molecule has 0 radical (unpaired) electrons. The van der Waals surface area contributed by atoms with E-state index in [1.807, 2.05) is 0 Å². The summed E-state index contributed by atoms with van der Waals surface area (Å²) in [6.45, 7) is 5.49. The highest BCUT2D eigenvalue weighted by Gasteiger charge is 2.26. The maximum atomic E-state index is 12.9. The van der Waals surface area contributed by atoms with E-state index < -0.39 is 17.7 Å². The van der Waals surface area contributed by atoms with Crippen LogP contribution >= 0.6 is 23.2 Å². The largest absolute Gasteiger partial charge is 0.494 e. The zero-order chi connectivity index (χ0) is 24.5. The van der Waals surface area contributed by atoms with Crippen LogP contribution in [0.1, 0.15) is 20.8 Å². The second-order valence-electron chi connectivity index (χ2n) is 6.49. The molecule has 0 saturated heterocycles. The quantitative estimate of drug-likeness (QED) is 0.324. The molecule has 11 heteroatoms. The lowest BCUT2D eigenvalue weighted by atomic mass is 10.2. The van der Waals surface area contributed by atoms with E-state index in [2.05, 4.69) is 15.5 Å². The molecule has 1 amide bonds. The summed E-state index contributed by atoms with van der Waals surface area (Å²) < 4.78 is 21.7. The van der Waals surface area contributed by atoms with Gasteiger partial charge in [0, 0.05) is 17.2 Å². The van der Waals surface area contributed by atoms with Gasteiger partial charge in [-0.2, -0.15) is 10.2 Å². The molecule has 0 bridgehead atoms. The van der Waals surface area contributed by atoms with Gasteiger partial charge in [0.2, 0.25) is 6.04 Å². The fourth-order valence-corrected chi connectivity index (χ4v) is 3.20. The number of ketones is 1. The molecule has 2 aromatic carbocycles. The first kappa shape index (κ1) is 26.2. The first-order chi connectivity index (χ1) is 15.8. The smallest absolute Gasteiger partial charge is 0.259 e. The molecule has 0 aliphatic carbocycles. The van der Waals surface area contributed by atoms with Crippen molar-refractivity contribution in [3.8, 4) is 23.0 Å². The van der Waals surface area contributed by atoms with Crippen molar-refractivity contribution in [3.63, 3.8) is 0 Å². The number of benzene rings is 2. The Morgan fingerprint density at radius 3 is 2.09 bits per heavy atom. The van der Waals surface area contributed by atoms with E-state index in [-0.39, 0.29) is 28.6 Å². The van der Waals surface area contributed by atoms with Crippen molar-refractivity contribution in [1.29, 1.82) is 0 Å². The van der Waals surface area contributed by atoms with E-state index >= 15 is 0 Å². The molecule has 0 spiro atoms. The van der Waals surface area contributed by atoms with Crippen molar-refractivity contribution in [2.24, 2.45) is 10.2 Å². The minimum Gasteiger partial charge on any atom is -0.494 e. The molecule has 1 N–H and O–H groups in total. The molecule has 1 unspecified atom stereocenters. The van der Waals surface area contributed by atoms with Crippen molar-refractivity contribution in [2.45, 2.75) is 26.8 Å². The van der Waals surface area contributed by atoms with Crippen LogP contribution in [0.4, 0.5) is 11.4 Å². The van der Waals surface area contributed by atoms with E-state index in [1.54, 1.807) is 26.0 Å². The molecule has 1 atom stereocenters. The molecule has 9 nitrogen and oxygen atoms in total. The Bertz CT molecular complexity index is 1020. The number of ether oxygens (including phenoxy) is 4. The second kappa shape index (κ2) is 12.3. The minimum absolute atomic E-state index is 0.205. The Balaban J connectivity index is 2.41. The molecule has 178 valence electrons. The molecule has 2 aromatic rings. The number of anilines is 1. The highest BCUT2D eigenvalue weighted by Crippen LogP contribution is 2.43. The van der Waals surface area contributed by atoms with Gasteiger partial charge in [0.25, 0.3) is 5.91 Å². The van der Waals surface area contributed by atoms with Crippen LogP contribution in [0.15, 0.2) is 34.5 Å². The third-order valence-corrected chi connectivity index (χ3v) is 4.77. The number of nitrogens with one attached hydrogen (secondary N) is 1. The molecule has 0 heterocycles. The van der Waals surface area contributed by atoms with Gasteiger partial charge in [0.15, 0.2) is 17.3 Å². The minimum atomic E-state index is -1.45. The molecule has 33 heavy (non-hydrogen) atoms.